The fourth-order valence-corrected chi connectivity index (χ4v) is 3.57. The van der Waals surface area contributed by atoms with E-state index in [9.17, 15) is 19.2 Å². The summed E-state index contributed by atoms with van der Waals surface area (Å²) in [6, 6.07) is 12.4. The smallest absolute Gasteiger partial charge is 0.343 e. The maximum atomic E-state index is 12.4. The highest BCUT2D eigenvalue weighted by atomic mass is 16.6. The van der Waals surface area contributed by atoms with Gasteiger partial charge in [-0.2, -0.15) is 0 Å². The van der Waals surface area contributed by atoms with Crippen LogP contribution in [0, 0.1) is 0 Å². The van der Waals surface area contributed by atoms with Crippen LogP contribution in [0.5, 0.6) is 11.5 Å². The average molecular weight is 497 g/mol. The van der Waals surface area contributed by atoms with Crippen molar-refractivity contribution in [2.45, 2.75) is 78.2 Å². The molecule has 0 fully saturated rings. The van der Waals surface area contributed by atoms with Gasteiger partial charge in [0.2, 0.25) is 6.10 Å². The molecule has 0 bridgehead atoms. The van der Waals surface area contributed by atoms with Crippen LogP contribution < -0.4 is 9.47 Å². The van der Waals surface area contributed by atoms with Crippen LogP contribution in [0.4, 0.5) is 0 Å². The lowest BCUT2D eigenvalue weighted by Gasteiger charge is -2.12. The highest BCUT2D eigenvalue weighted by Crippen LogP contribution is 2.18. The summed E-state index contributed by atoms with van der Waals surface area (Å²) in [6.45, 7) is 5.23. The lowest BCUT2D eigenvalue weighted by atomic mass is 10.1. The molecule has 0 spiro atoms. The number of ether oxygens (including phenoxy) is 3. The Kier molecular flexibility index (Phi) is 12.4. The normalized spacial score (nSPS) is 10.7. The second-order valence-electron chi connectivity index (χ2n) is 8.77. The molecule has 0 aliphatic rings. The molecule has 0 saturated carbocycles. The zero-order chi connectivity index (χ0) is 26.3. The zero-order valence-electron chi connectivity index (χ0n) is 21.4. The number of carbonyl (C=O) groups is 4. The van der Waals surface area contributed by atoms with Gasteiger partial charge in [0, 0.05) is 0 Å². The van der Waals surface area contributed by atoms with Crippen LogP contribution >= 0.6 is 0 Å². The molecule has 7 heteroatoms. The summed E-state index contributed by atoms with van der Waals surface area (Å²) < 4.78 is 16.1. The first-order valence-corrected chi connectivity index (χ1v) is 12.6. The minimum atomic E-state index is -1.43. The first kappa shape index (κ1) is 28.8. The number of unbranched alkanes of at least 4 members (excludes halogenated alkanes) is 7. The number of benzene rings is 2. The quantitative estimate of drug-likeness (QED) is 0.119. The van der Waals surface area contributed by atoms with E-state index in [2.05, 4.69) is 6.92 Å². The van der Waals surface area contributed by atoms with Gasteiger partial charge < -0.3 is 14.2 Å². The number of hydrogen-bond donors (Lipinski definition) is 0. The molecule has 0 N–H and O–H groups in total. The molecule has 0 aliphatic carbocycles. The summed E-state index contributed by atoms with van der Waals surface area (Å²) in [4.78, 5) is 47.5. The molecule has 2 rings (SSSR count). The molecular weight excluding hydrogens is 460 g/mol. The number of carbonyl (C=O) groups excluding carboxylic acids is 4. The molecule has 0 aromatic heterocycles. The van der Waals surface area contributed by atoms with Gasteiger partial charge in [0.1, 0.15) is 11.5 Å². The van der Waals surface area contributed by atoms with Crippen molar-refractivity contribution in [2.24, 2.45) is 0 Å². The number of esters is 2. The predicted octanol–water partition coefficient (Wildman–Crippen LogP) is 6.13. The molecule has 0 heterocycles. The summed E-state index contributed by atoms with van der Waals surface area (Å²) in [5.41, 5.74) is 0.490. The lowest BCUT2D eigenvalue weighted by Crippen LogP contribution is -2.31. The van der Waals surface area contributed by atoms with Gasteiger partial charge in [0.05, 0.1) is 17.7 Å². The fourth-order valence-electron chi connectivity index (χ4n) is 3.57. The van der Waals surface area contributed by atoms with Gasteiger partial charge in [-0.3, -0.25) is 9.59 Å². The molecule has 0 aliphatic heterocycles. The van der Waals surface area contributed by atoms with E-state index in [4.69, 9.17) is 14.2 Å². The molecular formula is C29H36O7. The van der Waals surface area contributed by atoms with Crippen LogP contribution in [0.25, 0.3) is 0 Å². The van der Waals surface area contributed by atoms with Crippen LogP contribution in [0.1, 0.15) is 92.9 Å². The summed E-state index contributed by atoms with van der Waals surface area (Å²) in [5.74, 6) is -1.52. The molecule has 2 aromatic carbocycles. The Morgan fingerprint density at radius 3 is 1.64 bits per heavy atom. The first-order valence-electron chi connectivity index (χ1n) is 12.6. The van der Waals surface area contributed by atoms with Crippen LogP contribution in [0.2, 0.25) is 0 Å². The van der Waals surface area contributed by atoms with E-state index in [-0.39, 0.29) is 11.3 Å². The minimum absolute atomic E-state index is 0.125. The van der Waals surface area contributed by atoms with E-state index >= 15 is 0 Å². The van der Waals surface area contributed by atoms with Crippen LogP contribution in [-0.2, 0) is 14.3 Å². The van der Waals surface area contributed by atoms with Gasteiger partial charge in [-0.25, -0.2) is 9.59 Å². The third kappa shape index (κ3) is 10.0. The minimum Gasteiger partial charge on any atom is -0.494 e. The van der Waals surface area contributed by atoms with Crippen LogP contribution in [0.3, 0.4) is 0 Å². The predicted molar refractivity (Wildman–Crippen MR) is 137 cm³/mol. The third-order valence-electron chi connectivity index (χ3n) is 5.62. The Morgan fingerprint density at radius 2 is 1.11 bits per heavy atom. The Hall–Kier alpha value is -3.48. The summed E-state index contributed by atoms with van der Waals surface area (Å²) in [7, 11) is 0. The van der Waals surface area contributed by atoms with Crippen molar-refractivity contribution in [3.8, 4) is 11.5 Å². The van der Waals surface area contributed by atoms with E-state index in [1.54, 1.807) is 24.3 Å². The van der Waals surface area contributed by atoms with E-state index in [1.165, 1.54) is 76.6 Å². The highest BCUT2D eigenvalue weighted by Gasteiger charge is 2.24. The maximum absolute atomic E-state index is 12.4. The standard InChI is InChI=1S/C29H36O7/c1-4-5-6-7-8-9-10-11-20-34-25-16-12-23(13-17-25)28(32)35-26-18-14-24(15-19-26)29(33)36-27(21(2)30)22(3)31/h12-19,27H,4-11,20H2,1-3H3. The van der Waals surface area contributed by atoms with Crippen LogP contribution in [0.15, 0.2) is 48.5 Å². The maximum Gasteiger partial charge on any atom is 0.343 e. The van der Waals surface area contributed by atoms with Crippen LogP contribution in [-0.4, -0.2) is 36.2 Å². The fraction of sp³-hybridized carbons (Fsp3) is 0.448. The van der Waals surface area contributed by atoms with Gasteiger partial charge in [0.15, 0.2) is 11.6 Å². The van der Waals surface area contributed by atoms with Crippen molar-refractivity contribution in [2.75, 3.05) is 6.61 Å². The van der Waals surface area contributed by atoms with Crippen molar-refractivity contribution in [1.29, 1.82) is 0 Å². The monoisotopic (exact) mass is 496 g/mol. The molecule has 0 radical (unpaired) electrons. The second kappa shape index (κ2) is 15.5. The Balaban J connectivity index is 1.77. The van der Waals surface area contributed by atoms with Crippen molar-refractivity contribution < 1.29 is 33.4 Å². The number of hydrogen-bond acceptors (Lipinski definition) is 7. The van der Waals surface area contributed by atoms with Gasteiger partial charge >= 0.3 is 11.9 Å². The van der Waals surface area contributed by atoms with E-state index in [0.29, 0.717) is 17.9 Å². The molecule has 0 atom stereocenters. The van der Waals surface area contributed by atoms with Gasteiger partial charge in [-0.05, 0) is 68.8 Å². The second-order valence-corrected chi connectivity index (χ2v) is 8.77. The largest absolute Gasteiger partial charge is 0.494 e. The molecule has 0 unspecified atom stereocenters. The van der Waals surface area contributed by atoms with E-state index in [0.717, 1.165) is 12.8 Å². The summed E-state index contributed by atoms with van der Waals surface area (Å²) in [5, 5.41) is 0. The number of ketones is 2. The van der Waals surface area contributed by atoms with E-state index in [1.807, 2.05) is 0 Å². The molecule has 0 amide bonds. The molecule has 194 valence electrons. The van der Waals surface area contributed by atoms with Gasteiger partial charge in [0.25, 0.3) is 0 Å². The third-order valence-corrected chi connectivity index (χ3v) is 5.62. The average Bonchev–Trinajstić information content (AvgIpc) is 2.86. The Bertz CT molecular complexity index is 979. The molecule has 0 saturated heterocycles. The Morgan fingerprint density at radius 1 is 0.639 bits per heavy atom. The lowest BCUT2D eigenvalue weighted by molar-refractivity contribution is -0.136. The van der Waals surface area contributed by atoms with Gasteiger partial charge in [-0.1, -0.05) is 51.9 Å². The van der Waals surface area contributed by atoms with E-state index < -0.39 is 29.6 Å². The Labute approximate surface area is 213 Å². The van der Waals surface area contributed by atoms with Crippen molar-refractivity contribution in [3.05, 3.63) is 59.7 Å². The number of rotatable bonds is 16. The topological polar surface area (TPSA) is 96.0 Å². The first-order chi connectivity index (χ1) is 17.3. The molecule has 36 heavy (non-hydrogen) atoms. The summed E-state index contributed by atoms with van der Waals surface area (Å²) >= 11 is 0. The number of Topliss-reactive ketones (excluding diaryl/α,β-unsaturated/α-hetero) is 2. The SMILES string of the molecule is CCCCCCCCCCOc1ccc(C(=O)Oc2ccc(C(=O)OC(C(C)=O)C(C)=O)cc2)cc1. The molecule has 2 aromatic rings. The van der Waals surface area contributed by atoms with Crippen molar-refractivity contribution in [1.82, 2.24) is 0 Å². The highest BCUT2D eigenvalue weighted by molar-refractivity contribution is 6.05. The molecule has 7 nitrogen and oxygen atoms in total. The van der Waals surface area contributed by atoms with Gasteiger partial charge in [-0.15, -0.1) is 0 Å². The van der Waals surface area contributed by atoms with Crippen molar-refractivity contribution >= 4 is 23.5 Å². The van der Waals surface area contributed by atoms with Crippen molar-refractivity contribution in [3.63, 3.8) is 0 Å². The summed E-state index contributed by atoms with van der Waals surface area (Å²) in [6.07, 6.45) is 8.47. The zero-order valence-corrected chi connectivity index (χ0v) is 21.4.